The predicted molar refractivity (Wildman–Crippen MR) is 258 cm³/mol. The molecule has 5 heterocycles. The van der Waals surface area contributed by atoms with E-state index in [9.17, 15) is 0 Å². The molecule has 5 aromatic heterocycles. The lowest BCUT2D eigenvalue weighted by Gasteiger charge is -2.11. The summed E-state index contributed by atoms with van der Waals surface area (Å²) in [6.45, 7) is 8.90. The Morgan fingerprint density at radius 3 is 1.23 bits per heavy atom. The molecular formula is C56H44N6O2. The lowest BCUT2D eigenvalue weighted by Crippen LogP contribution is -1.97. The number of rotatable bonds is 10. The second kappa shape index (κ2) is 16.0. The van der Waals surface area contributed by atoms with Gasteiger partial charge in [0.1, 0.15) is 34.6 Å². The molecule has 0 saturated carbocycles. The fraction of sp³-hybridized carbons (Fsp3) is 0.107. The van der Waals surface area contributed by atoms with E-state index in [1.807, 2.05) is 109 Å². The molecule has 0 aliphatic rings. The molecule has 310 valence electrons. The van der Waals surface area contributed by atoms with Crippen molar-refractivity contribution < 1.29 is 9.47 Å². The van der Waals surface area contributed by atoms with Crippen LogP contribution in [0, 0.1) is 0 Å². The van der Waals surface area contributed by atoms with E-state index in [1.165, 1.54) is 21.9 Å². The molecule has 0 saturated heterocycles. The first-order valence-electron chi connectivity index (χ1n) is 21.7. The lowest BCUT2D eigenvalue weighted by molar-refractivity contribution is 0.483. The Bertz CT molecular complexity index is 3270. The first-order valence-corrected chi connectivity index (χ1v) is 21.7. The predicted octanol–water partition coefficient (Wildman–Crippen LogP) is 14.6. The largest absolute Gasteiger partial charge is 0.457 e. The first-order chi connectivity index (χ1) is 31.3. The van der Waals surface area contributed by atoms with Crippen molar-refractivity contribution in [1.29, 1.82) is 0 Å². The third-order valence-electron chi connectivity index (χ3n) is 12.0. The molecule has 6 aromatic carbocycles. The van der Waals surface area contributed by atoms with Gasteiger partial charge in [0.15, 0.2) is 0 Å². The summed E-state index contributed by atoms with van der Waals surface area (Å²) in [6, 6.07) is 53.9. The van der Waals surface area contributed by atoms with Crippen LogP contribution in [0.3, 0.4) is 0 Å². The van der Waals surface area contributed by atoms with Gasteiger partial charge in [0.2, 0.25) is 0 Å². The van der Waals surface area contributed by atoms with Gasteiger partial charge in [0, 0.05) is 57.2 Å². The zero-order chi connectivity index (χ0) is 43.3. The Labute approximate surface area is 371 Å². The van der Waals surface area contributed by atoms with E-state index >= 15 is 0 Å². The minimum absolute atomic E-state index is 0.422. The van der Waals surface area contributed by atoms with E-state index in [1.54, 1.807) is 12.4 Å². The number of benzene rings is 6. The molecule has 11 aromatic rings. The minimum Gasteiger partial charge on any atom is -0.457 e. The van der Waals surface area contributed by atoms with E-state index in [0.29, 0.717) is 23.3 Å². The lowest BCUT2D eigenvalue weighted by atomic mass is 10.0. The summed E-state index contributed by atoms with van der Waals surface area (Å²) in [7, 11) is 0. The second-order valence-electron chi connectivity index (χ2n) is 16.8. The maximum atomic E-state index is 6.53. The third-order valence-corrected chi connectivity index (χ3v) is 12.0. The van der Waals surface area contributed by atoms with Gasteiger partial charge >= 0.3 is 0 Å². The summed E-state index contributed by atoms with van der Waals surface area (Å²) in [6.07, 6.45) is 7.27. The van der Waals surface area contributed by atoms with Crippen LogP contribution >= 0.6 is 0 Å². The molecule has 0 aliphatic carbocycles. The second-order valence-corrected chi connectivity index (χ2v) is 16.8. The first kappa shape index (κ1) is 38.8. The summed E-state index contributed by atoms with van der Waals surface area (Å²) >= 11 is 0. The van der Waals surface area contributed by atoms with Gasteiger partial charge in [-0.15, -0.1) is 0 Å². The zero-order valence-corrected chi connectivity index (χ0v) is 36.0. The highest BCUT2D eigenvalue weighted by Gasteiger charge is 2.18. The van der Waals surface area contributed by atoms with Gasteiger partial charge < -0.3 is 9.47 Å². The molecule has 64 heavy (non-hydrogen) atoms. The van der Waals surface area contributed by atoms with Crippen molar-refractivity contribution in [3.8, 4) is 57.1 Å². The molecule has 0 fully saturated rings. The number of fused-ring (bicyclic) bond motifs is 6. The highest BCUT2D eigenvalue weighted by Crippen LogP contribution is 2.39. The van der Waals surface area contributed by atoms with E-state index < -0.39 is 0 Å². The van der Waals surface area contributed by atoms with E-state index in [0.717, 1.165) is 78.5 Å². The number of nitrogens with zero attached hydrogens (tertiary/aromatic N) is 6. The molecule has 0 spiro atoms. The molecule has 8 heteroatoms. The van der Waals surface area contributed by atoms with Gasteiger partial charge in [-0.3, -0.25) is 19.1 Å². The summed E-state index contributed by atoms with van der Waals surface area (Å²) < 4.78 is 17.5. The average molecular weight is 833 g/mol. The highest BCUT2D eigenvalue weighted by molar-refractivity contribution is 6.10. The van der Waals surface area contributed by atoms with Crippen molar-refractivity contribution in [3.63, 3.8) is 0 Å². The molecular weight excluding hydrogens is 789 g/mol. The molecule has 0 bridgehead atoms. The average Bonchev–Trinajstić information content (AvgIpc) is 3.83. The SMILES string of the molecule is CC(C)c1ccc2c(c1)c1ccc(Oc3cccc(-c4cnc(-c5cccc(Oc6ccc7c8cc(C(C)C)ccc8n(-c8ccccn8)c7c6)c5)cn4)c3)cc1n2-c1ccccn1. The van der Waals surface area contributed by atoms with Gasteiger partial charge in [-0.05, 0) is 120 Å². The zero-order valence-electron chi connectivity index (χ0n) is 36.0. The van der Waals surface area contributed by atoms with E-state index in [-0.39, 0.29) is 0 Å². The molecule has 0 amide bonds. The van der Waals surface area contributed by atoms with Crippen LogP contribution in [-0.2, 0) is 0 Å². The fourth-order valence-corrected chi connectivity index (χ4v) is 8.68. The van der Waals surface area contributed by atoms with E-state index in [2.05, 4.69) is 97.5 Å². The van der Waals surface area contributed by atoms with Gasteiger partial charge in [-0.2, -0.15) is 0 Å². The van der Waals surface area contributed by atoms with Crippen molar-refractivity contribution in [2.24, 2.45) is 0 Å². The van der Waals surface area contributed by atoms with Gasteiger partial charge in [-0.25, -0.2) is 9.97 Å². The number of aromatic nitrogens is 6. The quantitative estimate of drug-likeness (QED) is 0.137. The maximum absolute atomic E-state index is 6.53. The Morgan fingerprint density at radius 1 is 0.375 bits per heavy atom. The summed E-state index contributed by atoms with van der Waals surface area (Å²) in [5.74, 6) is 5.43. The van der Waals surface area contributed by atoms with Crippen LogP contribution in [0.5, 0.6) is 23.0 Å². The van der Waals surface area contributed by atoms with Crippen LogP contribution in [-0.4, -0.2) is 29.1 Å². The Morgan fingerprint density at radius 2 is 0.828 bits per heavy atom. The Hall–Kier alpha value is -8.10. The molecule has 0 unspecified atom stereocenters. The smallest absolute Gasteiger partial charge is 0.137 e. The molecule has 11 rings (SSSR count). The Balaban J connectivity index is 0.853. The number of ether oxygens (including phenoxy) is 2. The standard InChI is InChI=1S/C56H44N6O2/c1-35(2)37-17-23-51-47(29-37)45-21-19-43(31-53(45)61(51)55-15-5-7-25-57-55)63-41-13-9-11-39(27-41)49-33-60-50(34-59-49)40-12-10-14-42(28-40)64-44-20-22-46-48-30-38(36(3)4)18-24-52(48)62(54(46)32-44)56-16-6-8-26-58-56/h5-36H,1-4H3. The molecule has 0 radical (unpaired) electrons. The highest BCUT2D eigenvalue weighted by atomic mass is 16.5. The molecule has 0 N–H and O–H groups in total. The molecule has 8 nitrogen and oxygen atoms in total. The fourth-order valence-electron chi connectivity index (χ4n) is 8.68. The molecule has 0 atom stereocenters. The number of hydrogen-bond donors (Lipinski definition) is 0. The van der Waals surface area contributed by atoms with Crippen molar-refractivity contribution in [3.05, 3.63) is 194 Å². The van der Waals surface area contributed by atoms with Crippen LogP contribution in [0.4, 0.5) is 0 Å². The third kappa shape index (κ3) is 7.09. The van der Waals surface area contributed by atoms with Crippen LogP contribution < -0.4 is 9.47 Å². The van der Waals surface area contributed by atoms with Crippen molar-refractivity contribution >= 4 is 43.6 Å². The van der Waals surface area contributed by atoms with Crippen LogP contribution in [0.1, 0.15) is 50.7 Å². The van der Waals surface area contributed by atoms with Crippen LogP contribution in [0.2, 0.25) is 0 Å². The van der Waals surface area contributed by atoms with Gasteiger partial charge in [0.25, 0.3) is 0 Å². The Kier molecular flexibility index (Phi) is 9.69. The summed E-state index contributed by atoms with van der Waals surface area (Å²) in [5.41, 5.74) is 10.2. The van der Waals surface area contributed by atoms with Crippen LogP contribution in [0.15, 0.2) is 183 Å². The topological polar surface area (TPSA) is 79.9 Å². The number of pyridine rings is 2. The van der Waals surface area contributed by atoms with Crippen molar-refractivity contribution in [1.82, 2.24) is 29.1 Å². The van der Waals surface area contributed by atoms with Gasteiger partial charge in [-0.1, -0.05) is 76.2 Å². The monoisotopic (exact) mass is 832 g/mol. The van der Waals surface area contributed by atoms with Crippen molar-refractivity contribution in [2.75, 3.05) is 0 Å². The number of hydrogen-bond acceptors (Lipinski definition) is 6. The minimum atomic E-state index is 0.422. The van der Waals surface area contributed by atoms with Crippen molar-refractivity contribution in [2.45, 2.75) is 39.5 Å². The summed E-state index contributed by atoms with van der Waals surface area (Å²) in [5, 5.41) is 4.70. The van der Waals surface area contributed by atoms with Crippen LogP contribution in [0.25, 0.3) is 77.8 Å². The van der Waals surface area contributed by atoms with E-state index in [4.69, 9.17) is 29.4 Å². The summed E-state index contributed by atoms with van der Waals surface area (Å²) in [4.78, 5) is 19.1. The van der Waals surface area contributed by atoms with Gasteiger partial charge in [0.05, 0.1) is 45.8 Å². The maximum Gasteiger partial charge on any atom is 0.137 e. The normalized spacial score (nSPS) is 11.7. The molecule has 0 aliphatic heterocycles.